The lowest BCUT2D eigenvalue weighted by atomic mass is 10.1. The van der Waals surface area contributed by atoms with Gasteiger partial charge in [-0.3, -0.25) is 19.8 Å². The van der Waals surface area contributed by atoms with Gasteiger partial charge in [-0.15, -0.1) is 0 Å². The van der Waals surface area contributed by atoms with Crippen LogP contribution in [-0.2, 0) is 4.79 Å². The second-order valence-electron chi connectivity index (χ2n) is 6.30. The molecule has 0 radical (unpaired) electrons. The molecule has 2 aromatic rings. The largest absolute Gasteiger partial charge is 0.363 e. The summed E-state index contributed by atoms with van der Waals surface area (Å²) >= 11 is 0. The number of benzene rings is 2. The van der Waals surface area contributed by atoms with Crippen molar-refractivity contribution >= 4 is 23.0 Å². The van der Waals surface area contributed by atoms with Gasteiger partial charge in [0.15, 0.2) is 0 Å². The van der Waals surface area contributed by atoms with Crippen LogP contribution >= 0.6 is 0 Å². The highest BCUT2D eigenvalue weighted by atomic mass is 16.6. The Bertz CT molecular complexity index is 773. The molecule has 1 heterocycles. The molecule has 1 unspecified atom stereocenters. The Hall–Kier alpha value is -2.93. The first-order valence-corrected chi connectivity index (χ1v) is 8.64. The van der Waals surface area contributed by atoms with E-state index in [1.165, 1.54) is 6.07 Å². The van der Waals surface area contributed by atoms with Gasteiger partial charge in [0.05, 0.1) is 11.0 Å². The molecule has 136 valence electrons. The van der Waals surface area contributed by atoms with Gasteiger partial charge in [-0.1, -0.05) is 30.3 Å². The number of nitro benzene ring substituents is 1. The fourth-order valence-electron chi connectivity index (χ4n) is 3.17. The number of piperazine rings is 1. The molecule has 26 heavy (non-hydrogen) atoms. The molecule has 0 bridgehead atoms. The average molecular weight is 354 g/mol. The molecule has 0 spiro atoms. The third kappa shape index (κ3) is 4.00. The zero-order chi connectivity index (χ0) is 18.5. The van der Waals surface area contributed by atoms with Crippen LogP contribution in [0, 0.1) is 10.1 Å². The van der Waals surface area contributed by atoms with E-state index >= 15 is 0 Å². The average Bonchev–Trinajstić information content (AvgIpc) is 2.68. The highest BCUT2D eigenvalue weighted by Gasteiger charge is 2.28. The molecule has 7 nitrogen and oxygen atoms in total. The molecule has 2 aromatic carbocycles. The first-order valence-electron chi connectivity index (χ1n) is 8.64. The molecule has 1 N–H and O–H groups in total. The fourth-order valence-corrected chi connectivity index (χ4v) is 3.17. The Morgan fingerprint density at radius 3 is 2.31 bits per heavy atom. The van der Waals surface area contributed by atoms with Gasteiger partial charge >= 0.3 is 0 Å². The van der Waals surface area contributed by atoms with E-state index in [2.05, 4.69) is 10.2 Å². The lowest BCUT2D eigenvalue weighted by molar-refractivity contribution is -0.384. The summed E-state index contributed by atoms with van der Waals surface area (Å²) in [4.78, 5) is 27.4. The maximum atomic E-state index is 12.5. The molecule has 1 aliphatic heterocycles. The predicted molar refractivity (Wildman–Crippen MR) is 101 cm³/mol. The molecule has 1 aliphatic rings. The van der Waals surface area contributed by atoms with Gasteiger partial charge in [0.25, 0.3) is 5.69 Å². The number of carbonyl (C=O) groups excluding carboxylic acids is 1. The van der Waals surface area contributed by atoms with Gasteiger partial charge < -0.3 is 10.2 Å². The molecule has 1 saturated heterocycles. The van der Waals surface area contributed by atoms with E-state index in [-0.39, 0.29) is 22.6 Å². The molecular weight excluding hydrogens is 332 g/mol. The number of rotatable bonds is 5. The molecule has 1 fully saturated rings. The van der Waals surface area contributed by atoms with Crippen molar-refractivity contribution in [2.45, 2.75) is 13.0 Å². The summed E-state index contributed by atoms with van der Waals surface area (Å²) in [6, 6.07) is 15.9. The third-order valence-electron chi connectivity index (χ3n) is 4.70. The summed E-state index contributed by atoms with van der Waals surface area (Å²) in [5.41, 5.74) is 1.54. The Kier molecular flexibility index (Phi) is 5.48. The first kappa shape index (κ1) is 17.9. The van der Waals surface area contributed by atoms with Crippen molar-refractivity contribution in [3.63, 3.8) is 0 Å². The molecule has 0 aromatic heterocycles. The maximum absolute atomic E-state index is 12.5. The Morgan fingerprint density at radius 1 is 1.04 bits per heavy atom. The quantitative estimate of drug-likeness (QED) is 0.660. The number of hydrogen-bond donors (Lipinski definition) is 1. The minimum Gasteiger partial charge on any atom is -0.363 e. The minimum atomic E-state index is -0.350. The van der Waals surface area contributed by atoms with Gasteiger partial charge in [0.2, 0.25) is 5.91 Å². The van der Waals surface area contributed by atoms with Crippen LogP contribution in [0.15, 0.2) is 54.6 Å². The third-order valence-corrected chi connectivity index (χ3v) is 4.70. The van der Waals surface area contributed by atoms with Crippen LogP contribution in [0.3, 0.4) is 0 Å². The molecule has 1 atom stereocenters. The van der Waals surface area contributed by atoms with E-state index in [0.717, 1.165) is 5.69 Å². The molecular formula is C19H22N4O3. The topological polar surface area (TPSA) is 78.7 Å². The van der Waals surface area contributed by atoms with Crippen molar-refractivity contribution in [3.05, 3.63) is 64.7 Å². The number of carbonyl (C=O) groups is 1. The normalized spacial score (nSPS) is 16.1. The van der Waals surface area contributed by atoms with E-state index in [0.29, 0.717) is 31.9 Å². The van der Waals surface area contributed by atoms with E-state index in [4.69, 9.17) is 0 Å². The number of hydrogen-bond acceptors (Lipinski definition) is 5. The van der Waals surface area contributed by atoms with Crippen LogP contribution in [-0.4, -0.2) is 48.0 Å². The van der Waals surface area contributed by atoms with E-state index in [1.54, 1.807) is 12.1 Å². The van der Waals surface area contributed by atoms with Crippen LogP contribution in [0.1, 0.15) is 6.92 Å². The van der Waals surface area contributed by atoms with Crippen molar-refractivity contribution in [3.8, 4) is 0 Å². The highest BCUT2D eigenvalue weighted by molar-refractivity contribution is 5.94. The number of para-hydroxylation sites is 3. The zero-order valence-electron chi connectivity index (χ0n) is 14.7. The summed E-state index contributed by atoms with van der Waals surface area (Å²) in [5, 5.41) is 14.1. The van der Waals surface area contributed by atoms with Gasteiger partial charge in [0, 0.05) is 37.9 Å². The first-order chi connectivity index (χ1) is 12.6. The predicted octanol–water partition coefficient (Wildman–Crippen LogP) is 2.74. The van der Waals surface area contributed by atoms with Gasteiger partial charge in [-0.2, -0.15) is 0 Å². The Labute approximate surface area is 152 Å². The monoisotopic (exact) mass is 354 g/mol. The molecule has 3 rings (SSSR count). The smallest absolute Gasteiger partial charge is 0.292 e. The van der Waals surface area contributed by atoms with Crippen molar-refractivity contribution in [2.75, 3.05) is 36.4 Å². The maximum Gasteiger partial charge on any atom is 0.292 e. The standard InChI is InChI=1S/C19H22N4O3/c1-15(19(24)20-16-7-3-2-4-8-16)21-11-13-22(14-12-21)17-9-5-6-10-18(17)23(25)26/h2-10,15H,11-14H2,1H3,(H,20,24). The summed E-state index contributed by atoms with van der Waals surface area (Å²) in [5.74, 6) is -0.0460. The lowest BCUT2D eigenvalue weighted by Gasteiger charge is -2.38. The van der Waals surface area contributed by atoms with Crippen molar-refractivity contribution in [1.82, 2.24) is 4.90 Å². The van der Waals surface area contributed by atoms with E-state index < -0.39 is 0 Å². The number of nitrogens with one attached hydrogen (secondary N) is 1. The second kappa shape index (κ2) is 7.97. The van der Waals surface area contributed by atoms with E-state index in [9.17, 15) is 14.9 Å². The van der Waals surface area contributed by atoms with Gasteiger partial charge in [0.1, 0.15) is 5.69 Å². The number of nitro groups is 1. The van der Waals surface area contributed by atoms with Crippen LogP contribution in [0.2, 0.25) is 0 Å². The molecule has 7 heteroatoms. The van der Waals surface area contributed by atoms with Crippen LogP contribution in [0.5, 0.6) is 0 Å². The van der Waals surface area contributed by atoms with Gasteiger partial charge in [-0.05, 0) is 25.1 Å². The molecule has 1 amide bonds. The number of amides is 1. The van der Waals surface area contributed by atoms with Crippen LogP contribution < -0.4 is 10.2 Å². The SMILES string of the molecule is CC(C(=O)Nc1ccccc1)N1CCN(c2ccccc2[N+](=O)[O-])CC1. The van der Waals surface area contributed by atoms with Crippen LogP contribution in [0.4, 0.5) is 17.1 Å². The summed E-state index contributed by atoms with van der Waals surface area (Å²) in [7, 11) is 0. The van der Waals surface area contributed by atoms with Crippen molar-refractivity contribution < 1.29 is 9.72 Å². The number of nitrogens with zero attached hydrogens (tertiary/aromatic N) is 3. The number of anilines is 2. The molecule has 0 saturated carbocycles. The van der Waals surface area contributed by atoms with E-state index in [1.807, 2.05) is 48.2 Å². The zero-order valence-corrected chi connectivity index (χ0v) is 14.7. The minimum absolute atomic E-state index is 0.0460. The molecule has 0 aliphatic carbocycles. The Morgan fingerprint density at radius 2 is 1.65 bits per heavy atom. The van der Waals surface area contributed by atoms with Crippen LogP contribution in [0.25, 0.3) is 0 Å². The fraction of sp³-hybridized carbons (Fsp3) is 0.316. The highest BCUT2D eigenvalue weighted by Crippen LogP contribution is 2.28. The summed E-state index contributed by atoms with van der Waals surface area (Å²) in [6.07, 6.45) is 0. The summed E-state index contributed by atoms with van der Waals surface area (Å²) < 4.78 is 0. The van der Waals surface area contributed by atoms with Crippen molar-refractivity contribution in [2.24, 2.45) is 0 Å². The van der Waals surface area contributed by atoms with Gasteiger partial charge in [-0.25, -0.2) is 0 Å². The van der Waals surface area contributed by atoms with Crippen molar-refractivity contribution in [1.29, 1.82) is 0 Å². The second-order valence-corrected chi connectivity index (χ2v) is 6.30. The lowest BCUT2D eigenvalue weighted by Crippen LogP contribution is -2.52. The Balaban J connectivity index is 1.60. The summed E-state index contributed by atoms with van der Waals surface area (Å²) in [6.45, 7) is 4.53.